The van der Waals surface area contributed by atoms with E-state index in [1.807, 2.05) is 29.3 Å². The van der Waals surface area contributed by atoms with Crippen LogP contribution in [0.1, 0.15) is 27.5 Å². The van der Waals surface area contributed by atoms with Crippen LogP contribution in [0, 0.1) is 5.82 Å². The Kier molecular flexibility index (Phi) is 5.75. The van der Waals surface area contributed by atoms with Crippen LogP contribution in [0.25, 0.3) is 0 Å². The van der Waals surface area contributed by atoms with Crippen molar-refractivity contribution in [2.45, 2.75) is 12.3 Å². The van der Waals surface area contributed by atoms with Gasteiger partial charge in [-0.25, -0.2) is 4.39 Å². The van der Waals surface area contributed by atoms with Crippen molar-refractivity contribution in [3.05, 3.63) is 58.0 Å². The Hall–Kier alpha value is -1.86. The summed E-state index contributed by atoms with van der Waals surface area (Å²) in [5.41, 5.74) is 0.332. The van der Waals surface area contributed by atoms with Gasteiger partial charge in [0.15, 0.2) is 0 Å². The second-order valence-electron chi connectivity index (χ2n) is 5.66. The standard InChI is InChI=1S/C18H19FN2O2S2/c1-2-20(17(23)13-5-3-6-14(19)11-13)8-9-21-16(22)12-25-18(21)15-7-4-10-24-15/h3-7,10-11,18H,2,8-9,12H2,1H3/t18-/m1/s1. The molecule has 2 heterocycles. The summed E-state index contributed by atoms with van der Waals surface area (Å²) in [4.78, 5) is 29.4. The maximum Gasteiger partial charge on any atom is 0.254 e. The fourth-order valence-corrected chi connectivity index (χ4v) is 5.00. The summed E-state index contributed by atoms with van der Waals surface area (Å²) in [7, 11) is 0. The maximum atomic E-state index is 13.4. The molecule has 1 aromatic carbocycles. The summed E-state index contributed by atoms with van der Waals surface area (Å²) in [6.07, 6.45) is 0. The molecule has 132 valence electrons. The second kappa shape index (κ2) is 8.01. The average Bonchev–Trinajstić information content (AvgIpc) is 3.25. The highest BCUT2D eigenvalue weighted by atomic mass is 32.2. The summed E-state index contributed by atoms with van der Waals surface area (Å²) in [6, 6.07) is 9.72. The Morgan fingerprint density at radius 2 is 2.20 bits per heavy atom. The molecule has 1 atom stereocenters. The van der Waals surface area contributed by atoms with Crippen molar-refractivity contribution in [2.24, 2.45) is 0 Å². The number of hydrogen-bond acceptors (Lipinski definition) is 4. The Morgan fingerprint density at radius 3 is 2.88 bits per heavy atom. The van der Waals surface area contributed by atoms with Gasteiger partial charge in [-0.1, -0.05) is 12.1 Å². The topological polar surface area (TPSA) is 40.6 Å². The largest absolute Gasteiger partial charge is 0.337 e. The molecule has 25 heavy (non-hydrogen) atoms. The molecule has 7 heteroatoms. The highest BCUT2D eigenvalue weighted by molar-refractivity contribution is 8.00. The number of carbonyl (C=O) groups excluding carboxylic acids is 2. The van der Waals surface area contributed by atoms with Crippen LogP contribution in [0.5, 0.6) is 0 Å². The van der Waals surface area contributed by atoms with Gasteiger partial charge in [-0.05, 0) is 36.6 Å². The van der Waals surface area contributed by atoms with Gasteiger partial charge < -0.3 is 9.80 Å². The number of carbonyl (C=O) groups is 2. The molecular formula is C18H19FN2O2S2. The van der Waals surface area contributed by atoms with Crippen LogP contribution in [0.4, 0.5) is 4.39 Å². The minimum Gasteiger partial charge on any atom is -0.337 e. The van der Waals surface area contributed by atoms with E-state index < -0.39 is 5.82 Å². The van der Waals surface area contributed by atoms with Crippen LogP contribution in [0.3, 0.4) is 0 Å². The lowest BCUT2D eigenvalue weighted by molar-refractivity contribution is -0.128. The van der Waals surface area contributed by atoms with Gasteiger partial charge in [-0.2, -0.15) is 0 Å². The number of likely N-dealkylation sites (N-methyl/N-ethyl adjacent to an activating group) is 1. The van der Waals surface area contributed by atoms with Gasteiger partial charge in [0.1, 0.15) is 11.2 Å². The number of thioether (sulfide) groups is 1. The van der Waals surface area contributed by atoms with Crippen molar-refractivity contribution < 1.29 is 14.0 Å². The molecule has 2 amide bonds. The highest BCUT2D eigenvalue weighted by Gasteiger charge is 2.33. The SMILES string of the molecule is CCN(CCN1C(=O)CS[C@@H]1c1cccs1)C(=O)c1cccc(F)c1. The molecule has 0 bridgehead atoms. The van der Waals surface area contributed by atoms with E-state index in [0.717, 1.165) is 4.88 Å². The Bertz CT molecular complexity index is 751. The van der Waals surface area contributed by atoms with Gasteiger partial charge in [0, 0.05) is 30.1 Å². The van der Waals surface area contributed by atoms with Gasteiger partial charge >= 0.3 is 0 Å². The molecule has 0 unspecified atom stereocenters. The lowest BCUT2D eigenvalue weighted by Gasteiger charge is -2.27. The molecule has 4 nitrogen and oxygen atoms in total. The van der Waals surface area contributed by atoms with Crippen molar-refractivity contribution in [1.82, 2.24) is 9.80 Å². The molecule has 3 rings (SSSR count). The van der Waals surface area contributed by atoms with Crippen LogP contribution in [0.15, 0.2) is 41.8 Å². The Labute approximate surface area is 154 Å². The first-order chi connectivity index (χ1) is 12.1. The first-order valence-electron chi connectivity index (χ1n) is 8.09. The minimum atomic E-state index is -0.425. The smallest absolute Gasteiger partial charge is 0.254 e. The van der Waals surface area contributed by atoms with Gasteiger partial charge in [0.05, 0.1) is 5.75 Å². The molecule has 0 saturated carbocycles. The predicted molar refractivity (Wildman–Crippen MR) is 99.2 cm³/mol. The third-order valence-electron chi connectivity index (χ3n) is 4.11. The molecule has 1 aliphatic rings. The number of nitrogens with zero attached hydrogens (tertiary/aromatic N) is 2. The molecule has 0 spiro atoms. The van der Waals surface area contributed by atoms with Crippen LogP contribution in [-0.4, -0.2) is 47.0 Å². The van der Waals surface area contributed by atoms with E-state index in [1.54, 1.807) is 34.1 Å². The lowest BCUT2D eigenvalue weighted by atomic mass is 10.2. The molecule has 2 aromatic rings. The molecule has 0 aliphatic carbocycles. The molecule has 1 fully saturated rings. The number of amides is 2. The third kappa shape index (κ3) is 4.04. The Balaban J connectivity index is 1.67. The van der Waals surface area contributed by atoms with E-state index in [2.05, 4.69) is 0 Å². The number of thiophene rings is 1. The molecule has 0 N–H and O–H groups in total. The van der Waals surface area contributed by atoms with Crippen LogP contribution in [-0.2, 0) is 4.79 Å². The predicted octanol–water partition coefficient (Wildman–Crippen LogP) is 3.62. The van der Waals surface area contributed by atoms with Crippen LogP contribution >= 0.6 is 23.1 Å². The van der Waals surface area contributed by atoms with E-state index in [4.69, 9.17) is 0 Å². The molecule has 1 aromatic heterocycles. The van der Waals surface area contributed by atoms with Crippen molar-refractivity contribution in [3.8, 4) is 0 Å². The van der Waals surface area contributed by atoms with E-state index in [9.17, 15) is 14.0 Å². The second-order valence-corrected chi connectivity index (χ2v) is 7.71. The quantitative estimate of drug-likeness (QED) is 0.771. The third-order valence-corrected chi connectivity index (χ3v) is 6.42. The number of hydrogen-bond donors (Lipinski definition) is 0. The van der Waals surface area contributed by atoms with Crippen molar-refractivity contribution >= 4 is 34.9 Å². The first-order valence-corrected chi connectivity index (χ1v) is 10.0. The van der Waals surface area contributed by atoms with Gasteiger partial charge in [-0.3, -0.25) is 9.59 Å². The van der Waals surface area contributed by atoms with E-state index in [-0.39, 0.29) is 17.2 Å². The van der Waals surface area contributed by atoms with E-state index in [1.165, 1.54) is 18.2 Å². The lowest BCUT2D eigenvalue weighted by Crippen LogP contribution is -2.40. The zero-order valence-electron chi connectivity index (χ0n) is 13.9. The summed E-state index contributed by atoms with van der Waals surface area (Å²) in [6.45, 7) is 3.30. The Morgan fingerprint density at radius 1 is 1.36 bits per heavy atom. The average molecular weight is 378 g/mol. The molecular weight excluding hydrogens is 359 g/mol. The highest BCUT2D eigenvalue weighted by Crippen LogP contribution is 2.40. The van der Waals surface area contributed by atoms with Crippen molar-refractivity contribution in [3.63, 3.8) is 0 Å². The first kappa shape index (κ1) is 17.9. The van der Waals surface area contributed by atoms with Gasteiger partial charge in [0.25, 0.3) is 5.91 Å². The van der Waals surface area contributed by atoms with Gasteiger partial charge in [0.2, 0.25) is 5.91 Å². The molecule has 1 aliphatic heterocycles. The monoisotopic (exact) mass is 378 g/mol. The summed E-state index contributed by atoms with van der Waals surface area (Å²) < 4.78 is 13.4. The van der Waals surface area contributed by atoms with Crippen molar-refractivity contribution in [1.29, 1.82) is 0 Å². The normalized spacial score (nSPS) is 17.1. The summed E-state index contributed by atoms with van der Waals surface area (Å²) in [5, 5.41) is 2.03. The fourth-order valence-electron chi connectivity index (χ4n) is 2.80. The zero-order valence-corrected chi connectivity index (χ0v) is 15.5. The van der Waals surface area contributed by atoms with Crippen LogP contribution in [0.2, 0.25) is 0 Å². The number of benzene rings is 1. The maximum absolute atomic E-state index is 13.4. The zero-order chi connectivity index (χ0) is 17.8. The molecule has 1 saturated heterocycles. The molecule has 0 radical (unpaired) electrons. The summed E-state index contributed by atoms with van der Waals surface area (Å²) >= 11 is 3.25. The summed E-state index contributed by atoms with van der Waals surface area (Å²) in [5.74, 6) is -0.0792. The minimum absolute atomic E-state index is 0.0236. The fraction of sp³-hybridized carbons (Fsp3) is 0.333. The van der Waals surface area contributed by atoms with E-state index >= 15 is 0 Å². The number of rotatable bonds is 6. The van der Waals surface area contributed by atoms with E-state index in [0.29, 0.717) is 31.0 Å². The van der Waals surface area contributed by atoms with Crippen molar-refractivity contribution in [2.75, 3.05) is 25.4 Å². The van der Waals surface area contributed by atoms with Gasteiger partial charge in [-0.15, -0.1) is 23.1 Å². The van der Waals surface area contributed by atoms with Crippen LogP contribution < -0.4 is 0 Å². The number of halogens is 1.